The Hall–Kier alpha value is -1.20. The summed E-state index contributed by atoms with van der Waals surface area (Å²) in [6, 6.07) is 3.96. The van der Waals surface area contributed by atoms with Crippen LogP contribution in [0.4, 0.5) is 5.82 Å². The number of nitrogens with zero attached hydrogens (tertiary/aromatic N) is 3. The van der Waals surface area contributed by atoms with Gasteiger partial charge in [-0.1, -0.05) is 0 Å². The molecule has 0 spiro atoms. The van der Waals surface area contributed by atoms with Crippen LogP contribution in [0, 0.1) is 6.92 Å². The molecule has 0 saturated carbocycles. The quantitative estimate of drug-likeness (QED) is 0.728. The average molecular weight is 235 g/mol. The Morgan fingerprint density at radius 2 is 2.12 bits per heavy atom. The highest BCUT2D eigenvalue weighted by Crippen LogP contribution is 2.01. The predicted octanol–water partition coefficient (Wildman–Crippen LogP) is 0.492. The molecule has 0 atom stereocenters. The standard InChI is InChI=1S/C12H21N5/c1-11-3-4-12(16-15-11)14-5-2-8-17-9-6-13-7-10-17/h3-4,13H,2,5-10H2,1H3,(H,14,16). The van der Waals surface area contributed by atoms with Crippen LogP contribution in [0.1, 0.15) is 12.1 Å². The fraction of sp³-hybridized carbons (Fsp3) is 0.667. The third-order valence-electron chi connectivity index (χ3n) is 2.96. The first-order chi connectivity index (χ1) is 8.34. The maximum Gasteiger partial charge on any atom is 0.148 e. The smallest absolute Gasteiger partial charge is 0.148 e. The molecule has 0 radical (unpaired) electrons. The number of hydrogen-bond donors (Lipinski definition) is 2. The van der Waals surface area contributed by atoms with E-state index in [0.717, 1.165) is 44.1 Å². The number of aryl methyl sites for hydroxylation is 1. The first kappa shape index (κ1) is 12.3. The predicted molar refractivity (Wildman–Crippen MR) is 69.2 cm³/mol. The van der Waals surface area contributed by atoms with E-state index in [0.29, 0.717) is 0 Å². The van der Waals surface area contributed by atoms with Crippen LogP contribution in [0.5, 0.6) is 0 Å². The van der Waals surface area contributed by atoms with Crippen molar-refractivity contribution >= 4 is 5.82 Å². The van der Waals surface area contributed by atoms with Gasteiger partial charge in [0.1, 0.15) is 5.82 Å². The van der Waals surface area contributed by atoms with E-state index < -0.39 is 0 Å². The van der Waals surface area contributed by atoms with Gasteiger partial charge in [-0.3, -0.25) is 0 Å². The maximum absolute atomic E-state index is 4.08. The molecular formula is C12H21N5. The zero-order chi connectivity index (χ0) is 11.9. The Morgan fingerprint density at radius 1 is 1.29 bits per heavy atom. The van der Waals surface area contributed by atoms with E-state index >= 15 is 0 Å². The van der Waals surface area contributed by atoms with E-state index in [-0.39, 0.29) is 0 Å². The molecule has 94 valence electrons. The zero-order valence-electron chi connectivity index (χ0n) is 10.4. The number of hydrogen-bond acceptors (Lipinski definition) is 5. The minimum atomic E-state index is 0.871. The third kappa shape index (κ3) is 4.28. The van der Waals surface area contributed by atoms with Crippen molar-refractivity contribution in [3.8, 4) is 0 Å². The van der Waals surface area contributed by atoms with Gasteiger partial charge in [-0.2, -0.15) is 5.10 Å². The first-order valence-corrected chi connectivity index (χ1v) is 6.32. The summed E-state index contributed by atoms with van der Waals surface area (Å²) >= 11 is 0. The van der Waals surface area contributed by atoms with Gasteiger partial charge >= 0.3 is 0 Å². The number of nitrogens with one attached hydrogen (secondary N) is 2. The van der Waals surface area contributed by atoms with Crippen LogP contribution in [0.2, 0.25) is 0 Å². The highest BCUT2D eigenvalue weighted by atomic mass is 15.2. The molecule has 1 aromatic rings. The lowest BCUT2D eigenvalue weighted by Crippen LogP contribution is -2.44. The van der Waals surface area contributed by atoms with Crippen molar-refractivity contribution in [2.45, 2.75) is 13.3 Å². The Labute approximate surface area is 103 Å². The molecule has 1 saturated heterocycles. The zero-order valence-corrected chi connectivity index (χ0v) is 10.4. The van der Waals surface area contributed by atoms with E-state index in [1.807, 2.05) is 19.1 Å². The molecule has 17 heavy (non-hydrogen) atoms. The molecule has 1 fully saturated rings. The van der Waals surface area contributed by atoms with Crippen LogP contribution >= 0.6 is 0 Å². The second-order valence-corrected chi connectivity index (χ2v) is 4.43. The van der Waals surface area contributed by atoms with Crippen molar-refractivity contribution in [3.63, 3.8) is 0 Å². The maximum atomic E-state index is 4.08. The second-order valence-electron chi connectivity index (χ2n) is 4.43. The van der Waals surface area contributed by atoms with Gasteiger partial charge in [-0.05, 0) is 32.0 Å². The Kier molecular flexibility index (Phi) is 4.70. The summed E-state index contributed by atoms with van der Waals surface area (Å²) < 4.78 is 0. The fourth-order valence-electron chi connectivity index (χ4n) is 1.95. The second kappa shape index (κ2) is 6.51. The largest absolute Gasteiger partial charge is 0.369 e. The molecule has 0 bridgehead atoms. The number of rotatable bonds is 5. The van der Waals surface area contributed by atoms with Crippen LogP contribution in [0.3, 0.4) is 0 Å². The molecule has 2 N–H and O–H groups in total. The highest BCUT2D eigenvalue weighted by Gasteiger charge is 2.07. The van der Waals surface area contributed by atoms with Gasteiger partial charge in [0.2, 0.25) is 0 Å². The van der Waals surface area contributed by atoms with Crippen LogP contribution in [0.15, 0.2) is 12.1 Å². The lowest BCUT2D eigenvalue weighted by molar-refractivity contribution is 0.240. The Balaban J connectivity index is 1.60. The summed E-state index contributed by atoms with van der Waals surface area (Å²) in [5.74, 6) is 0.871. The van der Waals surface area contributed by atoms with Gasteiger partial charge in [-0.15, -0.1) is 5.10 Å². The average Bonchev–Trinajstić information content (AvgIpc) is 2.38. The number of anilines is 1. The molecule has 2 rings (SSSR count). The molecule has 0 amide bonds. The minimum absolute atomic E-state index is 0.871. The topological polar surface area (TPSA) is 53.1 Å². The molecule has 1 aliphatic rings. The third-order valence-corrected chi connectivity index (χ3v) is 2.96. The summed E-state index contributed by atoms with van der Waals surface area (Å²) in [4.78, 5) is 2.50. The summed E-state index contributed by atoms with van der Waals surface area (Å²) in [6.07, 6.45) is 1.15. The van der Waals surface area contributed by atoms with Gasteiger partial charge in [-0.25, -0.2) is 0 Å². The highest BCUT2D eigenvalue weighted by molar-refractivity contribution is 5.32. The number of piperazine rings is 1. The molecule has 0 aromatic carbocycles. The van der Waals surface area contributed by atoms with Crippen molar-refractivity contribution < 1.29 is 0 Å². The number of aromatic nitrogens is 2. The monoisotopic (exact) mass is 235 g/mol. The summed E-state index contributed by atoms with van der Waals surface area (Å²) in [5.41, 5.74) is 0.955. The van der Waals surface area contributed by atoms with E-state index in [4.69, 9.17) is 0 Å². The van der Waals surface area contributed by atoms with Gasteiger partial charge in [0, 0.05) is 32.7 Å². The molecular weight excluding hydrogens is 214 g/mol. The molecule has 0 unspecified atom stereocenters. The van der Waals surface area contributed by atoms with Crippen LogP contribution in [-0.4, -0.2) is 54.4 Å². The normalized spacial score (nSPS) is 17.0. The van der Waals surface area contributed by atoms with E-state index in [1.54, 1.807) is 0 Å². The van der Waals surface area contributed by atoms with E-state index in [1.165, 1.54) is 13.1 Å². The molecule has 0 aliphatic carbocycles. The van der Waals surface area contributed by atoms with Gasteiger partial charge < -0.3 is 15.5 Å². The summed E-state index contributed by atoms with van der Waals surface area (Å²) in [7, 11) is 0. The molecule has 2 heterocycles. The fourth-order valence-corrected chi connectivity index (χ4v) is 1.95. The van der Waals surface area contributed by atoms with E-state index in [9.17, 15) is 0 Å². The SMILES string of the molecule is Cc1ccc(NCCCN2CCNCC2)nn1. The molecule has 5 nitrogen and oxygen atoms in total. The lowest BCUT2D eigenvalue weighted by Gasteiger charge is -2.27. The summed E-state index contributed by atoms with van der Waals surface area (Å²) in [6.45, 7) is 8.65. The lowest BCUT2D eigenvalue weighted by atomic mass is 10.3. The van der Waals surface area contributed by atoms with Crippen LogP contribution < -0.4 is 10.6 Å². The molecule has 5 heteroatoms. The minimum Gasteiger partial charge on any atom is -0.369 e. The molecule has 1 aromatic heterocycles. The Morgan fingerprint density at radius 3 is 2.82 bits per heavy atom. The van der Waals surface area contributed by atoms with Gasteiger partial charge in [0.25, 0.3) is 0 Å². The summed E-state index contributed by atoms with van der Waals surface area (Å²) in [5, 5.41) is 14.8. The van der Waals surface area contributed by atoms with Crippen molar-refractivity contribution in [1.29, 1.82) is 0 Å². The Bertz CT molecular complexity index is 318. The first-order valence-electron chi connectivity index (χ1n) is 6.32. The van der Waals surface area contributed by atoms with Gasteiger partial charge in [0.05, 0.1) is 5.69 Å². The van der Waals surface area contributed by atoms with E-state index in [2.05, 4.69) is 25.7 Å². The van der Waals surface area contributed by atoms with Gasteiger partial charge in [0.15, 0.2) is 0 Å². The van der Waals surface area contributed by atoms with Crippen LogP contribution in [0.25, 0.3) is 0 Å². The van der Waals surface area contributed by atoms with Crippen LogP contribution in [-0.2, 0) is 0 Å². The van der Waals surface area contributed by atoms with Crippen molar-refractivity contribution in [1.82, 2.24) is 20.4 Å². The van der Waals surface area contributed by atoms with Crippen molar-refractivity contribution in [2.24, 2.45) is 0 Å². The van der Waals surface area contributed by atoms with Crippen molar-refractivity contribution in [2.75, 3.05) is 44.6 Å². The molecule has 1 aliphatic heterocycles. The van der Waals surface area contributed by atoms with Crippen molar-refractivity contribution in [3.05, 3.63) is 17.8 Å².